The van der Waals surface area contributed by atoms with Gasteiger partial charge in [-0.05, 0) is 48.1 Å². The smallest absolute Gasteiger partial charge is 0.270 e. The molecule has 4 rings (SSSR count). The molecule has 1 N–H and O–H groups in total. The maximum atomic E-state index is 14.1. The molecule has 1 amide bonds. The number of hydrogen-bond acceptors (Lipinski definition) is 5. The van der Waals surface area contributed by atoms with E-state index in [1.165, 1.54) is 18.5 Å². The molecule has 1 aliphatic heterocycles. The van der Waals surface area contributed by atoms with Crippen LogP contribution in [0, 0.1) is 6.92 Å². The average Bonchev–Trinajstić information content (AvgIpc) is 2.87. The van der Waals surface area contributed by atoms with Crippen molar-refractivity contribution in [2.75, 3.05) is 23.8 Å². The van der Waals surface area contributed by atoms with E-state index in [0.29, 0.717) is 34.0 Å². The second kappa shape index (κ2) is 10.3. The number of fused-ring (bicyclic) bond motifs is 1. The van der Waals surface area contributed by atoms with Crippen molar-refractivity contribution in [2.45, 2.75) is 40.2 Å². The third-order valence-corrected chi connectivity index (χ3v) is 8.52. The average molecular weight is 521 g/mol. The number of carbonyl (C=O) groups is 1. The van der Waals surface area contributed by atoms with Crippen LogP contribution >= 0.6 is 0 Å². The molecule has 3 aromatic carbocycles. The number of anilines is 2. The fourth-order valence-corrected chi connectivity index (χ4v) is 6.38. The van der Waals surface area contributed by atoms with Crippen molar-refractivity contribution < 1.29 is 22.7 Å². The Morgan fingerprint density at radius 3 is 2.22 bits per heavy atom. The van der Waals surface area contributed by atoms with Crippen LogP contribution in [0.15, 0.2) is 65.6 Å². The predicted octanol–water partition coefficient (Wildman–Crippen LogP) is 5.86. The van der Waals surface area contributed by atoms with Gasteiger partial charge in [-0.3, -0.25) is 9.10 Å². The SMILES string of the molecule is COc1cc2c(cc1OC)N(Cc1ccccc1)S(=O)(=O)C(C(=O)Nc1c(C)cccc1C(C)C)=C2C. The van der Waals surface area contributed by atoms with Crippen molar-refractivity contribution in [3.05, 3.63) is 87.8 Å². The number of amides is 1. The molecule has 1 aliphatic rings. The fraction of sp³-hybridized carbons (Fsp3) is 0.276. The first-order valence-electron chi connectivity index (χ1n) is 12.0. The molecule has 0 radical (unpaired) electrons. The molecule has 8 heteroatoms. The van der Waals surface area contributed by atoms with Crippen molar-refractivity contribution in [3.8, 4) is 11.5 Å². The van der Waals surface area contributed by atoms with E-state index in [1.807, 2.05) is 69.3 Å². The summed E-state index contributed by atoms with van der Waals surface area (Å²) in [6.45, 7) is 7.66. The minimum atomic E-state index is -4.23. The van der Waals surface area contributed by atoms with Crippen LogP contribution in [0.4, 0.5) is 11.4 Å². The molecule has 0 fully saturated rings. The standard InChI is InChI=1S/C29H32N2O5S/c1-18(2)22-14-10-11-19(3)27(22)30-29(32)28-20(4)23-15-25(35-5)26(36-6)16-24(23)31(37(28,33)34)17-21-12-8-7-9-13-21/h7-16,18H,17H2,1-6H3,(H,30,32). The molecule has 0 aliphatic carbocycles. The van der Waals surface area contributed by atoms with E-state index in [-0.39, 0.29) is 17.4 Å². The third-order valence-electron chi connectivity index (χ3n) is 6.60. The minimum Gasteiger partial charge on any atom is -0.493 e. The zero-order chi connectivity index (χ0) is 26.9. The number of benzene rings is 3. The lowest BCUT2D eigenvalue weighted by Gasteiger charge is -2.33. The minimum absolute atomic E-state index is 0.0529. The van der Waals surface area contributed by atoms with Gasteiger partial charge in [0.15, 0.2) is 16.4 Å². The topological polar surface area (TPSA) is 84.9 Å². The molecular weight excluding hydrogens is 488 g/mol. The number of para-hydroxylation sites is 1. The van der Waals surface area contributed by atoms with Gasteiger partial charge in [-0.1, -0.05) is 62.4 Å². The number of nitrogens with zero attached hydrogens (tertiary/aromatic N) is 1. The van der Waals surface area contributed by atoms with Crippen molar-refractivity contribution in [2.24, 2.45) is 0 Å². The summed E-state index contributed by atoms with van der Waals surface area (Å²) in [6, 6.07) is 18.4. The molecule has 0 saturated carbocycles. The molecular formula is C29H32N2O5S. The molecule has 0 bridgehead atoms. The number of ether oxygens (including phenoxy) is 2. The monoisotopic (exact) mass is 520 g/mol. The number of rotatable bonds is 7. The highest BCUT2D eigenvalue weighted by atomic mass is 32.2. The van der Waals surface area contributed by atoms with E-state index < -0.39 is 15.9 Å². The van der Waals surface area contributed by atoms with E-state index in [9.17, 15) is 13.2 Å². The normalized spacial score (nSPS) is 14.4. The number of carbonyl (C=O) groups excluding carboxylic acids is 1. The van der Waals surface area contributed by atoms with Gasteiger partial charge in [0.2, 0.25) is 0 Å². The highest BCUT2D eigenvalue weighted by Crippen LogP contribution is 2.46. The van der Waals surface area contributed by atoms with Crippen molar-refractivity contribution in [1.29, 1.82) is 0 Å². The number of hydrogen-bond donors (Lipinski definition) is 1. The summed E-state index contributed by atoms with van der Waals surface area (Å²) in [5, 5.41) is 2.92. The molecule has 7 nitrogen and oxygen atoms in total. The van der Waals surface area contributed by atoms with E-state index in [4.69, 9.17) is 9.47 Å². The van der Waals surface area contributed by atoms with Gasteiger partial charge in [0, 0.05) is 17.3 Å². The fourth-order valence-electron chi connectivity index (χ4n) is 4.65. The van der Waals surface area contributed by atoms with E-state index in [2.05, 4.69) is 5.32 Å². The van der Waals surface area contributed by atoms with Gasteiger partial charge < -0.3 is 14.8 Å². The Bertz CT molecular complexity index is 1480. The summed E-state index contributed by atoms with van der Waals surface area (Å²) in [4.78, 5) is 13.5. The Labute approximate surface area is 218 Å². The summed E-state index contributed by atoms with van der Waals surface area (Å²) in [5.41, 5.74) is 4.57. The van der Waals surface area contributed by atoms with Crippen LogP contribution in [0.2, 0.25) is 0 Å². The van der Waals surface area contributed by atoms with Crippen molar-refractivity contribution in [3.63, 3.8) is 0 Å². The zero-order valence-corrected chi connectivity index (χ0v) is 22.8. The molecule has 0 atom stereocenters. The summed E-state index contributed by atoms with van der Waals surface area (Å²) < 4.78 is 40.5. The highest BCUT2D eigenvalue weighted by molar-refractivity contribution is 7.97. The van der Waals surface area contributed by atoms with Crippen LogP contribution in [-0.4, -0.2) is 28.5 Å². The lowest BCUT2D eigenvalue weighted by atomic mass is 9.98. The number of sulfonamides is 1. The van der Waals surface area contributed by atoms with Crippen LogP contribution in [0.1, 0.15) is 48.9 Å². The first-order chi connectivity index (χ1) is 17.6. The summed E-state index contributed by atoms with van der Waals surface area (Å²) in [6.07, 6.45) is 0. The third kappa shape index (κ3) is 4.81. The van der Waals surface area contributed by atoms with Gasteiger partial charge >= 0.3 is 0 Å². The first-order valence-corrected chi connectivity index (χ1v) is 13.5. The Morgan fingerprint density at radius 1 is 0.946 bits per heavy atom. The molecule has 0 unspecified atom stereocenters. The van der Waals surface area contributed by atoms with Gasteiger partial charge in [-0.15, -0.1) is 0 Å². The Kier molecular flexibility index (Phi) is 7.32. The van der Waals surface area contributed by atoms with Gasteiger partial charge in [0.05, 0.1) is 26.5 Å². The Hall–Kier alpha value is -3.78. The lowest BCUT2D eigenvalue weighted by molar-refractivity contribution is -0.112. The van der Waals surface area contributed by atoms with E-state index in [0.717, 1.165) is 16.7 Å². The number of aryl methyl sites for hydroxylation is 1. The van der Waals surface area contributed by atoms with Crippen LogP contribution in [0.3, 0.4) is 0 Å². The second-order valence-corrected chi connectivity index (χ2v) is 11.1. The van der Waals surface area contributed by atoms with Crippen LogP contribution < -0.4 is 19.1 Å². The van der Waals surface area contributed by atoms with Gasteiger partial charge in [0.25, 0.3) is 15.9 Å². The zero-order valence-electron chi connectivity index (χ0n) is 22.0. The van der Waals surface area contributed by atoms with Gasteiger partial charge in [-0.2, -0.15) is 0 Å². The largest absolute Gasteiger partial charge is 0.493 e. The number of nitrogens with one attached hydrogen (secondary N) is 1. The molecule has 0 aromatic heterocycles. The number of methoxy groups -OCH3 is 2. The van der Waals surface area contributed by atoms with Gasteiger partial charge in [0.1, 0.15) is 0 Å². The lowest BCUT2D eigenvalue weighted by Crippen LogP contribution is -2.39. The molecule has 0 spiro atoms. The Morgan fingerprint density at radius 2 is 1.59 bits per heavy atom. The summed E-state index contributed by atoms with van der Waals surface area (Å²) >= 11 is 0. The molecule has 1 heterocycles. The molecule has 194 valence electrons. The maximum Gasteiger partial charge on any atom is 0.270 e. The maximum absolute atomic E-state index is 14.1. The number of allylic oxidation sites excluding steroid dienone is 1. The first kappa shape index (κ1) is 26.3. The highest BCUT2D eigenvalue weighted by Gasteiger charge is 2.40. The molecule has 37 heavy (non-hydrogen) atoms. The van der Waals surface area contributed by atoms with E-state index in [1.54, 1.807) is 19.1 Å². The van der Waals surface area contributed by atoms with Crippen molar-refractivity contribution >= 4 is 32.9 Å². The van der Waals surface area contributed by atoms with Crippen LogP contribution in [0.5, 0.6) is 11.5 Å². The molecule has 3 aromatic rings. The summed E-state index contributed by atoms with van der Waals surface area (Å²) in [7, 11) is -1.21. The van der Waals surface area contributed by atoms with Gasteiger partial charge in [-0.25, -0.2) is 8.42 Å². The predicted molar refractivity (Wildman–Crippen MR) is 148 cm³/mol. The van der Waals surface area contributed by atoms with Crippen LogP contribution in [0.25, 0.3) is 5.57 Å². The summed E-state index contributed by atoms with van der Waals surface area (Å²) in [5.74, 6) is 0.310. The van der Waals surface area contributed by atoms with Crippen molar-refractivity contribution in [1.82, 2.24) is 0 Å². The van der Waals surface area contributed by atoms with Crippen LogP contribution in [-0.2, 0) is 21.4 Å². The quantitative estimate of drug-likeness (QED) is 0.422. The Balaban J connectivity index is 1.91. The second-order valence-electron chi connectivity index (χ2n) is 9.32. The van der Waals surface area contributed by atoms with E-state index >= 15 is 0 Å². The molecule has 0 saturated heterocycles.